The highest BCUT2D eigenvalue weighted by molar-refractivity contribution is 6.16. The lowest BCUT2D eigenvalue weighted by molar-refractivity contribution is -0.131. The van der Waals surface area contributed by atoms with Crippen molar-refractivity contribution in [3.8, 4) is 0 Å². The number of benzene rings is 2. The van der Waals surface area contributed by atoms with E-state index in [1.807, 2.05) is 24.3 Å². The molecule has 0 spiro atoms. The second kappa shape index (κ2) is 7.22. The Morgan fingerprint density at radius 1 is 0.821 bits per heavy atom. The average molecular weight is 385 g/mol. The van der Waals surface area contributed by atoms with Crippen molar-refractivity contribution in [3.05, 3.63) is 54.1 Å². The number of rotatable bonds is 5. The zero-order chi connectivity index (χ0) is 19.7. The summed E-state index contributed by atoms with van der Waals surface area (Å²) in [6.07, 6.45) is 3.21. The zero-order valence-electron chi connectivity index (χ0n) is 15.3. The quantitative estimate of drug-likeness (QED) is 0.767. The molecule has 2 amide bonds. The van der Waals surface area contributed by atoms with Crippen LogP contribution in [0, 0.1) is 17.0 Å². The van der Waals surface area contributed by atoms with Crippen LogP contribution in [0.1, 0.15) is 25.7 Å². The van der Waals surface area contributed by atoms with Gasteiger partial charge in [-0.25, -0.2) is 8.78 Å². The summed E-state index contributed by atoms with van der Waals surface area (Å²) in [4.78, 5) is 27.5. The summed E-state index contributed by atoms with van der Waals surface area (Å²) in [6.45, 7) is 2.08. The molecular formula is C21H21F2N3O2. The maximum absolute atomic E-state index is 13.3. The van der Waals surface area contributed by atoms with Crippen molar-refractivity contribution < 1.29 is 18.4 Å². The minimum Gasteiger partial charge on any atom is -0.372 e. The van der Waals surface area contributed by atoms with Gasteiger partial charge in [0.05, 0.1) is 0 Å². The fourth-order valence-electron chi connectivity index (χ4n) is 3.49. The van der Waals surface area contributed by atoms with Crippen molar-refractivity contribution >= 4 is 28.9 Å². The molecule has 0 bridgehead atoms. The molecule has 5 nitrogen and oxygen atoms in total. The summed E-state index contributed by atoms with van der Waals surface area (Å²) in [5, 5.41) is 5.31. The normalized spacial score (nSPS) is 17.3. The number of halogens is 2. The minimum absolute atomic E-state index is 0.123. The Bertz CT molecular complexity index is 904. The number of hydrogen-bond acceptors (Lipinski definition) is 3. The van der Waals surface area contributed by atoms with Gasteiger partial charge in [-0.05, 0) is 62.1 Å². The molecular weight excluding hydrogens is 364 g/mol. The molecule has 7 heteroatoms. The molecule has 1 aliphatic heterocycles. The molecule has 0 aromatic heterocycles. The summed E-state index contributed by atoms with van der Waals surface area (Å²) >= 11 is 0. The molecule has 2 N–H and O–H groups in total. The van der Waals surface area contributed by atoms with E-state index in [4.69, 9.17) is 0 Å². The topological polar surface area (TPSA) is 61.4 Å². The van der Waals surface area contributed by atoms with Gasteiger partial charge >= 0.3 is 0 Å². The fraction of sp³-hybridized carbons (Fsp3) is 0.333. The Balaban J connectivity index is 1.40. The third kappa shape index (κ3) is 3.56. The van der Waals surface area contributed by atoms with Crippen LogP contribution in [0.4, 0.5) is 25.8 Å². The summed E-state index contributed by atoms with van der Waals surface area (Å²) in [6, 6.07) is 10.7. The highest BCUT2D eigenvalue weighted by Crippen LogP contribution is 2.47. The average Bonchev–Trinajstić information content (AvgIpc) is 3.33. The van der Waals surface area contributed by atoms with Crippen molar-refractivity contribution in [2.75, 3.05) is 28.6 Å². The maximum atomic E-state index is 13.3. The van der Waals surface area contributed by atoms with E-state index in [1.165, 1.54) is 18.9 Å². The van der Waals surface area contributed by atoms with Crippen molar-refractivity contribution in [1.82, 2.24) is 0 Å². The van der Waals surface area contributed by atoms with Gasteiger partial charge in [-0.3, -0.25) is 9.59 Å². The predicted octanol–water partition coefficient (Wildman–Crippen LogP) is 3.92. The van der Waals surface area contributed by atoms with Crippen LogP contribution in [0.5, 0.6) is 0 Å². The lowest BCUT2D eigenvalue weighted by Crippen LogP contribution is -2.35. The van der Waals surface area contributed by atoms with E-state index in [0.717, 1.165) is 30.9 Å². The van der Waals surface area contributed by atoms with Crippen LogP contribution in [0.15, 0.2) is 42.5 Å². The predicted molar refractivity (Wildman–Crippen MR) is 103 cm³/mol. The molecule has 0 radical (unpaired) electrons. The first kappa shape index (κ1) is 18.4. The van der Waals surface area contributed by atoms with E-state index in [0.29, 0.717) is 18.5 Å². The Hall–Kier alpha value is -2.96. The maximum Gasteiger partial charge on any atom is 0.240 e. The molecule has 2 aliphatic rings. The minimum atomic E-state index is -1.17. The molecule has 2 aromatic carbocycles. The van der Waals surface area contributed by atoms with Gasteiger partial charge in [-0.1, -0.05) is 0 Å². The molecule has 2 fully saturated rings. The van der Waals surface area contributed by atoms with E-state index >= 15 is 0 Å². The Morgan fingerprint density at radius 2 is 1.39 bits per heavy atom. The van der Waals surface area contributed by atoms with Crippen LogP contribution in [-0.2, 0) is 9.59 Å². The lowest BCUT2D eigenvalue weighted by Gasteiger charge is -2.19. The molecule has 4 rings (SSSR count). The molecule has 0 atom stereocenters. The SMILES string of the molecule is O=C(Nc1ccc(N2CCCC2)cc1)C1(C(=O)Nc2ccc(F)c(F)c2)CC1. The van der Waals surface area contributed by atoms with Gasteiger partial charge in [0.15, 0.2) is 11.6 Å². The Morgan fingerprint density at radius 3 is 1.96 bits per heavy atom. The van der Waals surface area contributed by atoms with Crippen molar-refractivity contribution in [1.29, 1.82) is 0 Å². The Labute approximate surface area is 161 Å². The van der Waals surface area contributed by atoms with Crippen molar-refractivity contribution in [3.63, 3.8) is 0 Å². The number of carbonyl (C=O) groups excluding carboxylic acids is 2. The second-order valence-corrected chi connectivity index (χ2v) is 7.36. The summed E-state index contributed by atoms with van der Waals surface area (Å²) in [5.41, 5.74) is 0.698. The fourth-order valence-corrected chi connectivity index (χ4v) is 3.49. The largest absolute Gasteiger partial charge is 0.372 e. The van der Waals surface area contributed by atoms with E-state index in [-0.39, 0.29) is 11.6 Å². The first-order valence-electron chi connectivity index (χ1n) is 9.41. The molecule has 1 heterocycles. The van der Waals surface area contributed by atoms with Gasteiger partial charge in [-0.2, -0.15) is 0 Å². The smallest absolute Gasteiger partial charge is 0.240 e. The molecule has 146 valence electrons. The summed E-state index contributed by atoms with van der Waals surface area (Å²) in [7, 11) is 0. The van der Waals surface area contributed by atoms with E-state index in [1.54, 1.807) is 0 Å². The standard InChI is InChI=1S/C21H21F2N3O2/c22-17-8-5-15(13-18(17)23)25-20(28)21(9-10-21)19(27)24-14-3-6-16(7-4-14)26-11-1-2-12-26/h3-8,13H,1-2,9-12H2,(H,24,27)(H,25,28). The lowest BCUT2D eigenvalue weighted by atomic mass is 10.0. The van der Waals surface area contributed by atoms with Crippen LogP contribution in [-0.4, -0.2) is 24.9 Å². The molecule has 2 aromatic rings. The number of amides is 2. The molecule has 28 heavy (non-hydrogen) atoms. The number of hydrogen-bond donors (Lipinski definition) is 2. The van der Waals surface area contributed by atoms with Crippen LogP contribution in [0.25, 0.3) is 0 Å². The monoisotopic (exact) mass is 385 g/mol. The van der Waals surface area contributed by atoms with Gasteiger partial charge in [0.25, 0.3) is 0 Å². The van der Waals surface area contributed by atoms with E-state index in [2.05, 4.69) is 15.5 Å². The third-order valence-electron chi connectivity index (χ3n) is 5.39. The number of nitrogens with zero attached hydrogens (tertiary/aromatic N) is 1. The van der Waals surface area contributed by atoms with Gasteiger partial charge in [-0.15, -0.1) is 0 Å². The first-order valence-corrected chi connectivity index (χ1v) is 9.41. The van der Waals surface area contributed by atoms with Gasteiger partial charge in [0.1, 0.15) is 5.41 Å². The van der Waals surface area contributed by atoms with Crippen molar-refractivity contribution in [2.24, 2.45) is 5.41 Å². The molecule has 1 saturated carbocycles. The van der Waals surface area contributed by atoms with Gasteiger partial charge < -0.3 is 15.5 Å². The molecule has 1 saturated heterocycles. The van der Waals surface area contributed by atoms with E-state index in [9.17, 15) is 18.4 Å². The zero-order valence-corrected chi connectivity index (χ0v) is 15.3. The van der Waals surface area contributed by atoms with Crippen LogP contribution >= 0.6 is 0 Å². The molecule has 1 aliphatic carbocycles. The van der Waals surface area contributed by atoms with Crippen molar-refractivity contribution in [2.45, 2.75) is 25.7 Å². The third-order valence-corrected chi connectivity index (χ3v) is 5.39. The van der Waals surface area contributed by atoms with Gasteiger partial charge in [0, 0.05) is 36.2 Å². The van der Waals surface area contributed by atoms with E-state index < -0.39 is 23.0 Å². The first-order chi connectivity index (χ1) is 13.5. The Kier molecular flexibility index (Phi) is 4.75. The van der Waals surface area contributed by atoms with Crippen LogP contribution in [0.2, 0.25) is 0 Å². The summed E-state index contributed by atoms with van der Waals surface area (Å²) in [5.74, 6) is -2.94. The highest BCUT2D eigenvalue weighted by atomic mass is 19.2. The second-order valence-electron chi connectivity index (χ2n) is 7.36. The number of carbonyl (C=O) groups is 2. The van der Waals surface area contributed by atoms with Gasteiger partial charge in [0.2, 0.25) is 11.8 Å². The number of nitrogens with one attached hydrogen (secondary N) is 2. The molecule has 0 unspecified atom stereocenters. The van der Waals surface area contributed by atoms with Crippen LogP contribution in [0.3, 0.4) is 0 Å². The summed E-state index contributed by atoms with van der Waals surface area (Å²) < 4.78 is 26.3. The highest BCUT2D eigenvalue weighted by Gasteiger charge is 2.56. The number of anilines is 3. The van der Waals surface area contributed by atoms with Crippen LogP contribution < -0.4 is 15.5 Å².